The van der Waals surface area contributed by atoms with Crippen LogP contribution in [-0.4, -0.2) is 34.0 Å². The van der Waals surface area contributed by atoms with Crippen LogP contribution in [0.25, 0.3) is 0 Å². The number of rotatable bonds is 3. The van der Waals surface area contributed by atoms with Crippen molar-refractivity contribution < 1.29 is 9.90 Å². The first kappa shape index (κ1) is 9.41. The number of carbonyl (C=O) groups excluding carboxylic acids is 1. The Morgan fingerprint density at radius 3 is 2.91 bits per heavy atom. The lowest BCUT2D eigenvalue weighted by Crippen LogP contribution is -2.32. The summed E-state index contributed by atoms with van der Waals surface area (Å²) in [6.45, 7) is 0.834. The number of aliphatic hydroxyl groups excluding tert-OH is 1. The van der Waals surface area contributed by atoms with Crippen LogP contribution in [0.2, 0.25) is 0 Å². The number of carbonyl (C=O) groups is 1. The minimum absolute atomic E-state index is 0.0114. The highest BCUT2D eigenvalue weighted by molar-refractivity contribution is 14.1. The summed E-state index contributed by atoms with van der Waals surface area (Å²) in [5.74, 6) is 0.212. The summed E-state index contributed by atoms with van der Waals surface area (Å²) in [6, 6.07) is 0.0114. The number of nitrogens with one attached hydrogen (secondary N) is 1. The van der Waals surface area contributed by atoms with Gasteiger partial charge in [0.05, 0.1) is 10.5 Å². The van der Waals surface area contributed by atoms with Crippen molar-refractivity contribution in [3.05, 3.63) is 0 Å². The van der Waals surface area contributed by atoms with E-state index in [1.807, 2.05) is 22.6 Å². The number of halogens is 1. The molecule has 1 fully saturated rings. The van der Waals surface area contributed by atoms with Crippen LogP contribution in [0.15, 0.2) is 0 Å². The molecule has 3 nitrogen and oxygen atoms in total. The number of hydrogen-bond acceptors (Lipinski definition) is 3. The van der Waals surface area contributed by atoms with Gasteiger partial charge in [-0.2, -0.15) is 0 Å². The molecule has 0 spiro atoms. The van der Waals surface area contributed by atoms with Gasteiger partial charge in [-0.1, -0.05) is 22.6 Å². The van der Waals surface area contributed by atoms with E-state index in [0.717, 1.165) is 13.0 Å². The van der Waals surface area contributed by atoms with Crippen LogP contribution in [0.1, 0.15) is 12.8 Å². The third kappa shape index (κ3) is 2.68. The van der Waals surface area contributed by atoms with E-state index >= 15 is 0 Å². The number of alkyl halides is 1. The molecular formula is C7H12INO2. The average Bonchev–Trinajstić information content (AvgIpc) is 2.37. The summed E-state index contributed by atoms with van der Waals surface area (Å²) >= 11 is 2.05. The molecule has 0 aromatic carbocycles. The Kier molecular flexibility index (Phi) is 3.74. The minimum Gasteiger partial charge on any atom is -0.391 e. The maximum absolute atomic E-state index is 11.0. The summed E-state index contributed by atoms with van der Waals surface area (Å²) in [5, 5.41) is 12.4. The first-order chi connectivity index (χ1) is 5.24. The Labute approximate surface area is 79.7 Å². The lowest BCUT2D eigenvalue weighted by atomic mass is 10.1. The summed E-state index contributed by atoms with van der Waals surface area (Å²) in [5.41, 5.74) is 0. The average molecular weight is 269 g/mol. The number of aliphatic hydroxyl groups is 1. The zero-order valence-electron chi connectivity index (χ0n) is 6.22. The molecule has 0 aliphatic carbocycles. The van der Waals surface area contributed by atoms with Gasteiger partial charge in [0, 0.05) is 12.5 Å². The Balaban J connectivity index is 2.30. The van der Waals surface area contributed by atoms with E-state index in [-0.39, 0.29) is 17.9 Å². The third-order valence-corrected chi connectivity index (χ3v) is 2.76. The molecule has 2 N–H and O–H groups in total. The van der Waals surface area contributed by atoms with Crippen molar-refractivity contribution in [2.45, 2.75) is 25.0 Å². The molecule has 1 rings (SSSR count). The van der Waals surface area contributed by atoms with Crippen LogP contribution in [-0.2, 0) is 4.79 Å². The van der Waals surface area contributed by atoms with Gasteiger partial charge in [0.15, 0.2) is 0 Å². The maximum atomic E-state index is 11.0. The standard InChI is InChI=1S/C7H12INO2/c8-4-5(10)3-6-7(11)1-2-9-6/h6-7,9,11H,1-4H2. The molecular weight excluding hydrogens is 257 g/mol. The zero-order valence-corrected chi connectivity index (χ0v) is 8.37. The van der Waals surface area contributed by atoms with E-state index in [9.17, 15) is 9.90 Å². The second-order valence-corrected chi connectivity index (χ2v) is 3.56. The van der Waals surface area contributed by atoms with E-state index in [2.05, 4.69) is 5.32 Å². The van der Waals surface area contributed by atoms with Gasteiger partial charge in [0.2, 0.25) is 0 Å². The van der Waals surface area contributed by atoms with E-state index in [4.69, 9.17) is 0 Å². The van der Waals surface area contributed by atoms with Gasteiger partial charge in [-0.05, 0) is 13.0 Å². The van der Waals surface area contributed by atoms with Gasteiger partial charge in [0.1, 0.15) is 5.78 Å². The molecule has 64 valence electrons. The SMILES string of the molecule is O=C(CI)CC1NCCC1O. The highest BCUT2D eigenvalue weighted by Gasteiger charge is 2.25. The molecule has 1 heterocycles. The highest BCUT2D eigenvalue weighted by atomic mass is 127. The fourth-order valence-electron chi connectivity index (χ4n) is 1.26. The van der Waals surface area contributed by atoms with Crippen molar-refractivity contribution in [2.24, 2.45) is 0 Å². The number of hydrogen-bond donors (Lipinski definition) is 2. The van der Waals surface area contributed by atoms with Crippen LogP contribution in [0, 0.1) is 0 Å². The fourth-order valence-corrected chi connectivity index (χ4v) is 1.57. The van der Waals surface area contributed by atoms with Crippen molar-refractivity contribution in [3.8, 4) is 0 Å². The Hall–Kier alpha value is 0.320. The van der Waals surface area contributed by atoms with Crippen LogP contribution in [0.3, 0.4) is 0 Å². The largest absolute Gasteiger partial charge is 0.391 e. The summed E-state index contributed by atoms with van der Waals surface area (Å²) in [6.07, 6.45) is 0.936. The number of Topliss-reactive ketones (excluding diaryl/α,β-unsaturated/α-hetero) is 1. The van der Waals surface area contributed by atoms with E-state index in [0.29, 0.717) is 10.8 Å². The summed E-state index contributed by atoms with van der Waals surface area (Å²) < 4.78 is 0.544. The molecule has 4 heteroatoms. The lowest BCUT2D eigenvalue weighted by molar-refractivity contribution is -0.117. The molecule has 2 atom stereocenters. The molecule has 0 amide bonds. The second-order valence-electron chi connectivity index (χ2n) is 2.79. The topological polar surface area (TPSA) is 49.3 Å². The van der Waals surface area contributed by atoms with Gasteiger partial charge in [-0.3, -0.25) is 4.79 Å². The quantitative estimate of drug-likeness (QED) is 0.564. The number of ketones is 1. The van der Waals surface area contributed by atoms with Crippen LogP contribution >= 0.6 is 22.6 Å². The predicted octanol–water partition coefficient (Wildman–Crippen LogP) is 0.103. The van der Waals surface area contributed by atoms with E-state index in [1.54, 1.807) is 0 Å². The van der Waals surface area contributed by atoms with Gasteiger partial charge in [-0.15, -0.1) is 0 Å². The van der Waals surface area contributed by atoms with Crippen LogP contribution in [0.5, 0.6) is 0 Å². The van der Waals surface area contributed by atoms with Crippen LogP contribution in [0.4, 0.5) is 0 Å². The van der Waals surface area contributed by atoms with Gasteiger partial charge in [-0.25, -0.2) is 0 Å². The second kappa shape index (κ2) is 4.37. The van der Waals surface area contributed by atoms with Gasteiger partial charge < -0.3 is 10.4 Å². The maximum Gasteiger partial charge on any atom is 0.144 e. The Morgan fingerprint density at radius 2 is 2.45 bits per heavy atom. The lowest BCUT2D eigenvalue weighted by Gasteiger charge is -2.12. The minimum atomic E-state index is -0.318. The molecule has 0 bridgehead atoms. The molecule has 0 saturated carbocycles. The third-order valence-electron chi connectivity index (χ3n) is 1.91. The molecule has 0 aromatic heterocycles. The molecule has 1 aliphatic rings. The van der Waals surface area contributed by atoms with Gasteiger partial charge >= 0.3 is 0 Å². The molecule has 0 radical (unpaired) electrons. The normalized spacial score (nSPS) is 30.7. The van der Waals surface area contributed by atoms with Crippen molar-refractivity contribution in [1.82, 2.24) is 5.32 Å². The fraction of sp³-hybridized carbons (Fsp3) is 0.857. The van der Waals surface area contributed by atoms with Gasteiger partial charge in [0.25, 0.3) is 0 Å². The summed E-state index contributed by atoms with van der Waals surface area (Å²) in [4.78, 5) is 11.0. The molecule has 1 aliphatic heterocycles. The van der Waals surface area contributed by atoms with Crippen LogP contribution < -0.4 is 5.32 Å². The molecule has 1 saturated heterocycles. The van der Waals surface area contributed by atoms with E-state index < -0.39 is 0 Å². The first-order valence-corrected chi connectivity index (χ1v) is 5.25. The predicted molar refractivity (Wildman–Crippen MR) is 50.9 cm³/mol. The van der Waals surface area contributed by atoms with Crippen molar-refractivity contribution in [2.75, 3.05) is 11.0 Å². The van der Waals surface area contributed by atoms with Crippen molar-refractivity contribution in [1.29, 1.82) is 0 Å². The highest BCUT2D eigenvalue weighted by Crippen LogP contribution is 2.10. The van der Waals surface area contributed by atoms with E-state index in [1.165, 1.54) is 0 Å². The van der Waals surface area contributed by atoms with Crippen molar-refractivity contribution in [3.63, 3.8) is 0 Å². The summed E-state index contributed by atoms with van der Waals surface area (Å²) in [7, 11) is 0. The smallest absolute Gasteiger partial charge is 0.144 e. The Bertz CT molecular complexity index is 151. The monoisotopic (exact) mass is 269 g/mol. The molecule has 0 aromatic rings. The Morgan fingerprint density at radius 1 is 1.73 bits per heavy atom. The molecule has 11 heavy (non-hydrogen) atoms. The first-order valence-electron chi connectivity index (χ1n) is 3.73. The van der Waals surface area contributed by atoms with Crippen molar-refractivity contribution >= 4 is 28.4 Å². The zero-order chi connectivity index (χ0) is 8.27. The molecule has 2 unspecified atom stereocenters.